The van der Waals surface area contributed by atoms with Crippen LogP contribution >= 0.6 is 11.6 Å². The predicted octanol–water partition coefficient (Wildman–Crippen LogP) is 1.61. The molecule has 0 spiro atoms. The Hall–Kier alpha value is -0.960. The summed E-state index contributed by atoms with van der Waals surface area (Å²) >= 11 is 5.26. The molecule has 0 bridgehead atoms. The third kappa shape index (κ3) is 3.03. The van der Waals surface area contributed by atoms with E-state index in [9.17, 15) is 31.5 Å². The molecular formula is C10H11ClF5NO3. The van der Waals surface area contributed by atoms with E-state index >= 15 is 0 Å². The van der Waals surface area contributed by atoms with Crippen LogP contribution in [0.4, 0.5) is 22.0 Å². The molecule has 0 aromatic carbocycles. The maximum absolute atomic E-state index is 13.0. The van der Waals surface area contributed by atoms with Gasteiger partial charge in [-0.15, -0.1) is 11.6 Å². The van der Waals surface area contributed by atoms with Gasteiger partial charge in [-0.3, -0.25) is 9.59 Å². The second kappa shape index (κ2) is 5.80. The minimum absolute atomic E-state index is 0.165. The lowest BCUT2D eigenvalue weighted by Crippen LogP contribution is -2.55. The fraction of sp³-hybridized carbons (Fsp3) is 0.800. The second-order valence-corrected chi connectivity index (χ2v) is 4.51. The average Bonchev–Trinajstić information content (AvgIpc) is 2.79. The Morgan fingerprint density at radius 3 is 2.25 bits per heavy atom. The zero-order valence-electron chi connectivity index (χ0n) is 10.2. The van der Waals surface area contributed by atoms with E-state index < -0.39 is 48.4 Å². The quantitative estimate of drug-likeness (QED) is 0.583. The fourth-order valence-corrected chi connectivity index (χ4v) is 2.07. The van der Waals surface area contributed by atoms with Gasteiger partial charge in [0.25, 0.3) is 0 Å². The molecule has 4 nitrogen and oxygen atoms in total. The van der Waals surface area contributed by atoms with Crippen molar-refractivity contribution in [2.24, 2.45) is 0 Å². The van der Waals surface area contributed by atoms with Crippen LogP contribution in [0.1, 0.15) is 6.42 Å². The number of methoxy groups -OCH3 is 1. The maximum Gasteiger partial charge on any atom is 0.463 e. The summed E-state index contributed by atoms with van der Waals surface area (Å²) in [5.41, 5.74) is 0. The molecule has 0 aromatic heterocycles. The lowest BCUT2D eigenvalue weighted by atomic mass is 10.1. The number of nitrogens with zero attached hydrogens (tertiary/aromatic N) is 1. The molecule has 1 rings (SSSR count). The van der Waals surface area contributed by atoms with Crippen LogP contribution in [-0.4, -0.2) is 60.4 Å². The summed E-state index contributed by atoms with van der Waals surface area (Å²) in [6, 6.07) is -1.43. The number of hydrogen-bond acceptors (Lipinski definition) is 3. The highest BCUT2D eigenvalue weighted by Crippen LogP contribution is 2.38. The van der Waals surface area contributed by atoms with Gasteiger partial charge in [-0.2, -0.15) is 22.0 Å². The molecule has 1 aliphatic heterocycles. The van der Waals surface area contributed by atoms with Crippen LogP contribution in [0.2, 0.25) is 0 Å². The molecule has 1 aliphatic rings. The van der Waals surface area contributed by atoms with Gasteiger partial charge in [0.2, 0.25) is 0 Å². The lowest BCUT2D eigenvalue weighted by Gasteiger charge is -2.28. The normalized spacial score (nSPS) is 24.1. The Morgan fingerprint density at radius 1 is 1.30 bits per heavy atom. The Labute approximate surface area is 115 Å². The van der Waals surface area contributed by atoms with Crippen LogP contribution in [0.5, 0.6) is 0 Å². The number of ether oxygens (including phenoxy) is 1. The zero-order chi connectivity index (χ0) is 15.7. The van der Waals surface area contributed by atoms with Gasteiger partial charge in [-0.25, -0.2) is 0 Å². The Kier molecular flexibility index (Phi) is 4.96. The van der Waals surface area contributed by atoms with E-state index in [-0.39, 0.29) is 11.3 Å². The molecule has 2 atom stereocenters. The van der Waals surface area contributed by atoms with Crippen molar-refractivity contribution in [3.63, 3.8) is 0 Å². The van der Waals surface area contributed by atoms with Gasteiger partial charge in [0.05, 0.1) is 18.0 Å². The standard InChI is InChI=1S/C10H11ClF5NO3/c1-20-5-2-6(7(18)3-11)17(4-5)8(19)9(12,13)10(14,15)16/h5-6H,2-4H2,1H3. The highest BCUT2D eigenvalue weighted by Gasteiger charge is 2.66. The summed E-state index contributed by atoms with van der Waals surface area (Å²) in [6.45, 7) is -0.520. The molecule has 1 amide bonds. The molecule has 1 saturated heterocycles. The van der Waals surface area contributed by atoms with E-state index in [0.717, 1.165) is 0 Å². The summed E-state index contributed by atoms with van der Waals surface area (Å²) < 4.78 is 67.5. The Bertz CT molecular complexity index is 401. The summed E-state index contributed by atoms with van der Waals surface area (Å²) in [6.07, 6.45) is -6.98. The monoisotopic (exact) mass is 323 g/mol. The van der Waals surface area contributed by atoms with Crippen LogP contribution in [-0.2, 0) is 14.3 Å². The van der Waals surface area contributed by atoms with Crippen molar-refractivity contribution in [3.05, 3.63) is 0 Å². The first-order valence-electron chi connectivity index (χ1n) is 5.43. The van der Waals surface area contributed by atoms with Crippen molar-refractivity contribution in [1.29, 1.82) is 0 Å². The van der Waals surface area contributed by atoms with E-state index in [1.54, 1.807) is 0 Å². The number of likely N-dealkylation sites (tertiary alicyclic amines) is 1. The van der Waals surface area contributed by atoms with Crippen molar-refractivity contribution in [1.82, 2.24) is 4.90 Å². The van der Waals surface area contributed by atoms with Gasteiger partial charge in [0.1, 0.15) is 0 Å². The van der Waals surface area contributed by atoms with Crippen molar-refractivity contribution < 1.29 is 36.3 Å². The van der Waals surface area contributed by atoms with Gasteiger partial charge in [-0.05, 0) is 0 Å². The van der Waals surface area contributed by atoms with E-state index in [1.807, 2.05) is 0 Å². The number of carbonyl (C=O) groups is 2. The highest BCUT2D eigenvalue weighted by molar-refractivity contribution is 6.28. The average molecular weight is 324 g/mol. The van der Waals surface area contributed by atoms with Crippen LogP contribution in [0.25, 0.3) is 0 Å². The van der Waals surface area contributed by atoms with E-state index in [2.05, 4.69) is 0 Å². The van der Waals surface area contributed by atoms with Crippen LogP contribution in [0, 0.1) is 0 Å². The van der Waals surface area contributed by atoms with Crippen LogP contribution < -0.4 is 0 Å². The fourth-order valence-electron chi connectivity index (χ4n) is 1.89. The molecule has 0 saturated carbocycles. The van der Waals surface area contributed by atoms with Gasteiger partial charge in [-0.1, -0.05) is 0 Å². The Morgan fingerprint density at radius 2 is 1.85 bits per heavy atom. The molecule has 10 heteroatoms. The van der Waals surface area contributed by atoms with E-state index in [0.29, 0.717) is 0 Å². The number of carbonyl (C=O) groups excluding carboxylic acids is 2. The number of rotatable bonds is 4. The molecule has 1 heterocycles. The summed E-state index contributed by atoms with van der Waals surface area (Å²) in [4.78, 5) is 23.1. The molecule has 20 heavy (non-hydrogen) atoms. The number of halogens is 6. The SMILES string of the molecule is COC1CC(C(=O)CCl)N(C(=O)C(F)(F)C(F)(F)F)C1. The van der Waals surface area contributed by atoms with Crippen molar-refractivity contribution in [3.8, 4) is 0 Å². The molecule has 2 unspecified atom stereocenters. The summed E-state index contributed by atoms with van der Waals surface area (Å²) in [5.74, 6) is -9.42. The zero-order valence-corrected chi connectivity index (χ0v) is 11.0. The van der Waals surface area contributed by atoms with Crippen molar-refractivity contribution in [2.75, 3.05) is 19.5 Å². The molecule has 0 aliphatic carbocycles. The smallest absolute Gasteiger partial charge is 0.380 e. The second-order valence-electron chi connectivity index (χ2n) is 4.24. The Balaban J connectivity index is 3.03. The lowest BCUT2D eigenvalue weighted by molar-refractivity contribution is -0.274. The number of alkyl halides is 6. The minimum atomic E-state index is -6.02. The van der Waals surface area contributed by atoms with Crippen molar-refractivity contribution in [2.45, 2.75) is 30.7 Å². The molecule has 1 fully saturated rings. The first kappa shape index (κ1) is 17.1. The molecule has 0 N–H and O–H groups in total. The first-order valence-corrected chi connectivity index (χ1v) is 5.96. The van der Waals surface area contributed by atoms with Crippen LogP contribution in [0.15, 0.2) is 0 Å². The predicted molar refractivity (Wildman–Crippen MR) is 57.6 cm³/mol. The summed E-state index contributed by atoms with van der Waals surface area (Å²) in [5, 5.41) is 0. The van der Waals surface area contributed by atoms with E-state index in [1.165, 1.54) is 7.11 Å². The number of amides is 1. The largest absolute Gasteiger partial charge is 0.463 e. The maximum atomic E-state index is 13.0. The van der Waals surface area contributed by atoms with Gasteiger partial charge in [0.15, 0.2) is 5.78 Å². The van der Waals surface area contributed by atoms with Gasteiger partial charge < -0.3 is 9.64 Å². The topological polar surface area (TPSA) is 46.6 Å². The number of hydrogen-bond donors (Lipinski definition) is 0. The third-order valence-electron chi connectivity index (χ3n) is 2.98. The first-order chi connectivity index (χ1) is 9.06. The third-order valence-corrected chi connectivity index (χ3v) is 3.25. The summed E-state index contributed by atoms with van der Waals surface area (Å²) in [7, 11) is 1.20. The van der Waals surface area contributed by atoms with E-state index in [4.69, 9.17) is 16.3 Å². The van der Waals surface area contributed by atoms with Gasteiger partial charge >= 0.3 is 18.0 Å². The van der Waals surface area contributed by atoms with Crippen molar-refractivity contribution >= 4 is 23.3 Å². The molecule has 0 radical (unpaired) electrons. The van der Waals surface area contributed by atoms with Crippen LogP contribution in [0.3, 0.4) is 0 Å². The molecule has 116 valence electrons. The van der Waals surface area contributed by atoms with Gasteiger partial charge in [0, 0.05) is 20.1 Å². The number of Topliss-reactive ketones (excluding diaryl/α,β-unsaturated/α-hetero) is 1. The highest BCUT2D eigenvalue weighted by atomic mass is 35.5. The molecular weight excluding hydrogens is 313 g/mol. The molecule has 0 aromatic rings. The minimum Gasteiger partial charge on any atom is -0.380 e. The number of ketones is 1.